The van der Waals surface area contributed by atoms with E-state index in [0.29, 0.717) is 31.1 Å². The molecule has 2 aromatic rings. The number of hydrogen-bond acceptors (Lipinski definition) is 4. The Hall–Kier alpha value is -2.83. The van der Waals surface area contributed by atoms with Crippen molar-refractivity contribution in [1.82, 2.24) is 19.6 Å². The average Bonchev–Trinajstić information content (AvgIpc) is 3.06. The number of rotatable bonds is 3. The smallest absolute Gasteiger partial charge is 0.272 e. The van der Waals surface area contributed by atoms with Gasteiger partial charge < -0.3 is 14.5 Å². The van der Waals surface area contributed by atoms with E-state index in [1.165, 1.54) is 0 Å². The highest BCUT2D eigenvalue weighted by atomic mass is 16.5. The summed E-state index contributed by atoms with van der Waals surface area (Å²) in [6.45, 7) is 2.98. The van der Waals surface area contributed by atoms with Gasteiger partial charge in [-0.1, -0.05) is 18.2 Å². The summed E-state index contributed by atoms with van der Waals surface area (Å²) in [5, 5.41) is 4.09. The molecule has 1 aliphatic rings. The number of nitrogens with zero attached hydrogens (tertiary/aromatic N) is 4. The number of aromatic nitrogens is 2. The first-order chi connectivity index (χ1) is 12.0. The van der Waals surface area contributed by atoms with Gasteiger partial charge in [-0.2, -0.15) is 5.10 Å². The van der Waals surface area contributed by atoms with E-state index in [-0.39, 0.29) is 17.9 Å². The van der Waals surface area contributed by atoms with Gasteiger partial charge in [0.1, 0.15) is 11.4 Å². The van der Waals surface area contributed by atoms with Crippen LogP contribution in [-0.2, 0) is 11.8 Å². The molecule has 2 heterocycles. The van der Waals surface area contributed by atoms with Crippen molar-refractivity contribution in [2.45, 2.75) is 13.0 Å². The Morgan fingerprint density at radius 3 is 2.60 bits per heavy atom. The summed E-state index contributed by atoms with van der Waals surface area (Å²) in [5.74, 6) is 0.618. The number of amides is 2. The fourth-order valence-electron chi connectivity index (χ4n) is 3.25. The van der Waals surface area contributed by atoms with Crippen molar-refractivity contribution in [3.05, 3.63) is 47.8 Å². The van der Waals surface area contributed by atoms with Gasteiger partial charge in [-0.05, 0) is 12.1 Å². The Morgan fingerprint density at radius 2 is 1.96 bits per heavy atom. The largest absolute Gasteiger partial charge is 0.496 e. The molecule has 1 aromatic heterocycles. The van der Waals surface area contributed by atoms with E-state index in [1.807, 2.05) is 24.3 Å². The molecule has 1 atom stereocenters. The number of carbonyl (C=O) groups is 2. The molecule has 0 saturated carbocycles. The SMILES string of the molecule is COc1ccccc1C1CN(C(C)=O)CCN1C(=O)c1ccnn1C. The third kappa shape index (κ3) is 3.22. The van der Waals surface area contributed by atoms with E-state index in [4.69, 9.17) is 4.74 Å². The quantitative estimate of drug-likeness (QED) is 0.847. The summed E-state index contributed by atoms with van der Waals surface area (Å²) in [6.07, 6.45) is 1.61. The third-order valence-electron chi connectivity index (χ3n) is 4.62. The molecule has 1 aromatic carbocycles. The predicted octanol–water partition coefficient (Wildman–Crippen LogP) is 1.47. The van der Waals surface area contributed by atoms with Crippen LogP contribution in [0.5, 0.6) is 5.75 Å². The van der Waals surface area contributed by atoms with Crippen LogP contribution in [0.2, 0.25) is 0 Å². The minimum absolute atomic E-state index is 0.00697. The molecule has 7 nitrogen and oxygen atoms in total. The van der Waals surface area contributed by atoms with Crippen molar-refractivity contribution in [1.29, 1.82) is 0 Å². The van der Waals surface area contributed by atoms with Gasteiger partial charge in [0, 0.05) is 45.4 Å². The van der Waals surface area contributed by atoms with Crippen LogP contribution < -0.4 is 4.74 Å². The summed E-state index contributed by atoms with van der Waals surface area (Å²) >= 11 is 0. The number of carbonyl (C=O) groups excluding carboxylic acids is 2. The molecule has 0 N–H and O–H groups in total. The predicted molar refractivity (Wildman–Crippen MR) is 92.2 cm³/mol. The highest BCUT2D eigenvalue weighted by molar-refractivity contribution is 5.93. The molecule has 132 valence electrons. The monoisotopic (exact) mass is 342 g/mol. The average molecular weight is 342 g/mol. The second kappa shape index (κ2) is 6.96. The van der Waals surface area contributed by atoms with Crippen LogP contribution in [0.15, 0.2) is 36.5 Å². The van der Waals surface area contributed by atoms with Crippen LogP contribution in [0.3, 0.4) is 0 Å². The molecule has 0 spiro atoms. The Kier molecular flexibility index (Phi) is 4.74. The van der Waals surface area contributed by atoms with Gasteiger partial charge in [-0.25, -0.2) is 0 Å². The van der Waals surface area contributed by atoms with Crippen LogP contribution in [0, 0.1) is 0 Å². The highest BCUT2D eigenvalue weighted by Crippen LogP contribution is 2.33. The molecule has 1 fully saturated rings. The summed E-state index contributed by atoms with van der Waals surface area (Å²) in [7, 11) is 3.36. The third-order valence-corrected chi connectivity index (χ3v) is 4.62. The Balaban J connectivity index is 1.99. The molecule has 25 heavy (non-hydrogen) atoms. The lowest BCUT2D eigenvalue weighted by Crippen LogP contribution is -2.52. The summed E-state index contributed by atoms with van der Waals surface area (Å²) in [5.41, 5.74) is 1.42. The molecule has 0 aliphatic carbocycles. The fraction of sp³-hybridized carbons (Fsp3) is 0.389. The topological polar surface area (TPSA) is 67.7 Å². The maximum absolute atomic E-state index is 13.1. The molecular weight excluding hydrogens is 320 g/mol. The maximum atomic E-state index is 13.1. The number of piperazine rings is 1. The summed E-state index contributed by atoms with van der Waals surface area (Å²) in [4.78, 5) is 28.5. The second-order valence-electron chi connectivity index (χ2n) is 6.06. The van der Waals surface area contributed by atoms with Crippen LogP contribution >= 0.6 is 0 Å². The molecule has 2 amide bonds. The van der Waals surface area contributed by atoms with Crippen molar-refractivity contribution in [3.8, 4) is 5.75 Å². The van der Waals surface area contributed by atoms with Crippen LogP contribution in [0.25, 0.3) is 0 Å². The number of hydrogen-bond donors (Lipinski definition) is 0. The van der Waals surface area contributed by atoms with E-state index in [0.717, 1.165) is 5.56 Å². The molecule has 1 aliphatic heterocycles. The van der Waals surface area contributed by atoms with E-state index < -0.39 is 0 Å². The van der Waals surface area contributed by atoms with Crippen LogP contribution in [0.1, 0.15) is 29.0 Å². The van der Waals surface area contributed by atoms with E-state index in [1.54, 1.807) is 47.8 Å². The molecule has 7 heteroatoms. The first kappa shape index (κ1) is 17.0. The number of ether oxygens (including phenoxy) is 1. The Morgan fingerprint density at radius 1 is 1.20 bits per heavy atom. The van der Waals surface area contributed by atoms with E-state index in [2.05, 4.69) is 5.10 Å². The number of para-hydroxylation sites is 1. The lowest BCUT2D eigenvalue weighted by Gasteiger charge is -2.41. The maximum Gasteiger partial charge on any atom is 0.272 e. The van der Waals surface area contributed by atoms with Crippen molar-refractivity contribution in [2.24, 2.45) is 7.05 Å². The zero-order chi connectivity index (χ0) is 18.0. The van der Waals surface area contributed by atoms with Gasteiger partial charge >= 0.3 is 0 Å². The number of methoxy groups -OCH3 is 1. The van der Waals surface area contributed by atoms with Crippen molar-refractivity contribution >= 4 is 11.8 Å². The van der Waals surface area contributed by atoms with Gasteiger partial charge in [-0.3, -0.25) is 14.3 Å². The lowest BCUT2D eigenvalue weighted by atomic mass is 10.0. The zero-order valence-electron chi connectivity index (χ0n) is 14.7. The molecule has 1 unspecified atom stereocenters. The van der Waals surface area contributed by atoms with Gasteiger partial charge in [0.2, 0.25) is 5.91 Å². The van der Waals surface area contributed by atoms with Crippen molar-refractivity contribution in [3.63, 3.8) is 0 Å². The molecule has 3 rings (SSSR count). The lowest BCUT2D eigenvalue weighted by molar-refractivity contribution is -0.131. The number of benzene rings is 1. The molecule has 1 saturated heterocycles. The molecule has 0 bridgehead atoms. The normalized spacial score (nSPS) is 17.5. The zero-order valence-corrected chi connectivity index (χ0v) is 14.7. The minimum Gasteiger partial charge on any atom is -0.496 e. The Labute approximate surface area is 146 Å². The van der Waals surface area contributed by atoms with Crippen molar-refractivity contribution < 1.29 is 14.3 Å². The van der Waals surface area contributed by atoms with Gasteiger partial charge in [0.15, 0.2) is 0 Å². The summed E-state index contributed by atoms with van der Waals surface area (Å²) in [6, 6.07) is 9.05. The number of aryl methyl sites for hydroxylation is 1. The fourth-order valence-corrected chi connectivity index (χ4v) is 3.25. The minimum atomic E-state index is -0.267. The highest BCUT2D eigenvalue weighted by Gasteiger charge is 2.35. The molecule has 0 radical (unpaired) electrons. The van der Waals surface area contributed by atoms with E-state index >= 15 is 0 Å². The summed E-state index contributed by atoms with van der Waals surface area (Å²) < 4.78 is 7.05. The first-order valence-corrected chi connectivity index (χ1v) is 8.20. The van der Waals surface area contributed by atoms with Gasteiger partial charge in [0.25, 0.3) is 5.91 Å². The van der Waals surface area contributed by atoms with Crippen LogP contribution in [0.4, 0.5) is 0 Å². The van der Waals surface area contributed by atoms with Gasteiger partial charge in [-0.15, -0.1) is 0 Å². The first-order valence-electron chi connectivity index (χ1n) is 8.20. The second-order valence-corrected chi connectivity index (χ2v) is 6.06. The van der Waals surface area contributed by atoms with Crippen molar-refractivity contribution in [2.75, 3.05) is 26.7 Å². The van der Waals surface area contributed by atoms with E-state index in [9.17, 15) is 9.59 Å². The van der Waals surface area contributed by atoms with Gasteiger partial charge in [0.05, 0.1) is 13.2 Å². The Bertz CT molecular complexity index is 786. The molecular formula is C18H22N4O3. The standard InChI is InChI=1S/C18H22N4O3/c1-13(23)21-10-11-22(18(24)15-8-9-19-20(15)2)16(12-21)14-6-4-5-7-17(14)25-3/h4-9,16H,10-12H2,1-3H3. The van der Waals surface area contributed by atoms with Crippen LogP contribution in [-0.4, -0.2) is 58.1 Å².